The Bertz CT molecular complexity index is 362. The SMILES string of the molecule is COC(C)(C)CNc1ccc(C(N)=S)nc1. The van der Waals surface area contributed by atoms with Gasteiger partial charge in [0.05, 0.1) is 23.2 Å². The van der Waals surface area contributed by atoms with Crippen LogP contribution in [-0.2, 0) is 4.74 Å². The highest BCUT2D eigenvalue weighted by Gasteiger charge is 2.15. The zero-order valence-electron chi connectivity index (χ0n) is 9.78. The second-order valence-corrected chi connectivity index (χ2v) is 4.55. The van der Waals surface area contributed by atoms with Crippen LogP contribution < -0.4 is 11.1 Å². The van der Waals surface area contributed by atoms with E-state index in [1.54, 1.807) is 19.4 Å². The normalized spacial score (nSPS) is 11.2. The van der Waals surface area contributed by atoms with Crippen molar-refractivity contribution < 1.29 is 4.74 Å². The number of rotatable bonds is 5. The Morgan fingerprint density at radius 3 is 2.69 bits per heavy atom. The summed E-state index contributed by atoms with van der Waals surface area (Å²) in [5, 5.41) is 3.23. The van der Waals surface area contributed by atoms with Crippen LogP contribution in [0.4, 0.5) is 5.69 Å². The lowest BCUT2D eigenvalue weighted by molar-refractivity contribution is 0.0344. The smallest absolute Gasteiger partial charge is 0.122 e. The Hall–Kier alpha value is -1.20. The highest BCUT2D eigenvalue weighted by atomic mass is 32.1. The van der Waals surface area contributed by atoms with Crippen molar-refractivity contribution in [2.45, 2.75) is 19.4 Å². The highest BCUT2D eigenvalue weighted by molar-refractivity contribution is 7.80. The van der Waals surface area contributed by atoms with Gasteiger partial charge in [-0.15, -0.1) is 0 Å². The van der Waals surface area contributed by atoms with Crippen LogP contribution in [0.1, 0.15) is 19.5 Å². The summed E-state index contributed by atoms with van der Waals surface area (Å²) in [7, 11) is 1.69. The van der Waals surface area contributed by atoms with Gasteiger partial charge < -0.3 is 15.8 Å². The number of thiocarbonyl (C=S) groups is 1. The third kappa shape index (κ3) is 3.75. The van der Waals surface area contributed by atoms with Gasteiger partial charge in [-0.3, -0.25) is 4.98 Å². The Balaban J connectivity index is 2.59. The van der Waals surface area contributed by atoms with E-state index in [1.807, 2.05) is 19.9 Å². The van der Waals surface area contributed by atoms with Crippen LogP contribution in [-0.4, -0.2) is 29.2 Å². The molecule has 0 aliphatic carbocycles. The number of pyridine rings is 1. The number of nitrogens with two attached hydrogens (primary N) is 1. The first-order chi connectivity index (χ1) is 7.44. The number of aromatic nitrogens is 1. The number of nitrogens with one attached hydrogen (secondary N) is 1. The minimum Gasteiger partial charge on any atom is -0.388 e. The standard InChI is InChI=1S/C11H17N3OS/c1-11(2,15-3)7-14-8-4-5-9(10(12)16)13-6-8/h4-6,14H,7H2,1-3H3,(H2,12,16). The van der Waals surface area contributed by atoms with E-state index in [9.17, 15) is 0 Å². The molecule has 1 aromatic rings. The molecule has 0 aliphatic heterocycles. The van der Waals surface area contributed by atoms with E-state index in [0.29, 0.717) is 17.2 Å². The fourth-order valence-corrected chi connectivity index (χ4v) is 1.15. The van der Waals surface area contributed by atoms with Gasteiger partial charge in [-0.25, -0.2) is 0 Å². The Morgan fingerprint density at radius 2 is 2.25 bits per heavy atom. The summed E-state index contributed by atoms with van der Waals surface area (Å²) in [5.41, 5.74) is 6.80. The fourth-order valence-electron chi connectivity index (χ4n) is 1.03. The molecule has 88 valence electrons. The molecule has 0 aliphatic rings. The lowest BCUT2D eigenvalue weighted by Crippen LogP contribution is -2.32. The summed E-state index contributed by atoms with van der Waals surface area (Å²) in [4.78, 5) is 4.44. The first kappa shape index (κ1) is 12.9. The van der Waals surface area contributed by atoms with Gasteiger partial charge in [0.1, 0.15) is 4.99 Å². The summed E-state index contributed by atoms with van der Waals surface area (Å²) in [6.45, 7) is 4.73. The molecule has 0 saturated heterocycles. The summed E-state index contributed by atoms with van der Waals surface area (Å²) in [6, 6.07) is 3.69. The highest BCUT2D eigenvalue weighted by Crippen LogP contribution is 2.11. The molecule has 1 heterocycles. The molecule has 0 atom stereocenters. The van der Waals surface area contributed by atoms with Gasteiger partial charge in [-0.2, -0.15) is 0 Å². The van der Waals surface area contributed by atoms with Gasteiger partial charge in [0.15, 0.2) is 0 Å². The maximum absolute atomic E-state index is 5.46. The lowest BCUT2D eigenvalue weighted by Gasteiger charge is -2.23. The van der Waals surface area contributed by atoms with Crippen LogP contribution in [0.25, 0.3) is 0 Å². The molecule has 0 amide bonds. The average molecular weight is 239 g/mol. The molecule has 5 heteroatoms. The Labute approximate surface area is 101 Å². The van der Waals surface area contributed by atoms with Crippen molar-refractivity contribution in [3.8, 4) is 0 Å². The first-order valence-corrected chi connectivity index (χ1v) is 5.40. The van der Waals surface area contributed by atoms with Gasteiger partial charge >= 0.3 is 0 Å². The van der Waals surface area contributed by atoms with E-state index in [1.165, 1.54) is 0 Å². The molecular formula is C11H17N3OS. The lowest BCUT2D eigenvalue weighted by atomic mass is 10.1. The molecule has 1 rings (SSSR count). The maximum atomic E-state index is 5.46. The van der Waals surface area contributed by atoms with E-state index in [4.69, 9.17) is 22.7 Å². The van der Waals surface area contributed by atoms with Crippen LogP contribution in [0.5, 0.6) is 0 Å². The Kier molecular flexibility index (Phi) is 4.20. The van der Waals surface area contributed by atoms with Crippen molar-refractivity contribution in [3.63, 3.8) is 0 Å². The van der Waals surface area contributed by atoms with Crippen molar-refractivity contribution in [2.24, 2.45) is 5.73 Å². The van der Waals surface area contributed by atoms with E-state index >= 15 is 0 Å². The van der Waals surface area contributed by atoms with E-state index in [2.05, 4.69) is 10.3 Å². The third-order valence-electron chi connectivity index (χ3n) is 2.29. The molecule has 0 unspecified atom stereocenters. The molecule has 16 heavy (non-hydrogen) atoms. The minimum atomic E-state index is -0.207. The number of anilines is 1. The second kappa shape index (κ2) is 5.23. The molecule has 0 fully saturated rings. The largest absolute Gasteiger partial charge is 0.388 e. The molecule has 3 N–H and O–H groups in total. The maximum Gasteiger partial charge on any atom is 0.122 e. The number of hydrogen-bond acceptors (Lipinski definition) is 4. The predicted molar refractivity (Wildman–Crippen MR) is 69.7 cm³/mol. The van der Waals surface area contributed by atoms with E-state index in [-0.39, 0.29) is 5.60 Å². The quantitative estimate of drug-likeness (QED) is 0.763. The van der Waals surface area contributed by atoms with Crippen LogP contribution in [0.15, 0.2) is 18.3 Å². The third-order valence-corrected chi connectivity index (χ3v) is 2.50. The van der Waals surface area contributed by atoms with Crippen molar-refractivity contribution in [1.82, 2.24) is 4.98 Å². The molecule has 0 spiro atoms. The van der Waals surface area contributed by atoms with Crippen LogP contribution in [0.2, 0.25) is 0 Å². The average Bonchev–Trinajstić information content (AvgIpc) is 2.27. The zero-order valence-corrected chi connectivity index (χ0v) is 10.6. The Morgan fingerprint density at radius 1 is 1.56 bits per heavy atom. The monoisotopic (exact) mass is 239 g/mol. The van der Waals surface area contributed by atoms with Crippen LogP contribution in [0, 0.1) is 0 Å². The molecule has 0 bridgehead atoms. The van der Waals surface area contributed by atoms with E-state index < -0.39 is 0 Å². The van der Waals surface area contributed by atoms with Crippen LogP contribution >= 0.6 is 12.2 Å². The molecule has 0 saturated carbocycles. The first-order valence-electron chi connectivity index (χ1n) is 4.99. The van der Waals surface area contributed by atoms with Gasteiger partial charge in [0.25, 0.3) is 0 Å². The molecule has 0 aromatic carbocycles. The molecule has 4 nitrogen and oxygen atoms in total. The molecular weight excluding hydrogens is 222 g/mol. The topological polar surface area (TPSA) is 60.2 Å². The van der Waals surface area contributed by atoms with Crippen molar-refractivity contribution in [1.29, 1.82) is 0 Å². The fraction of sp³-hybridized carbons (Fsp3) is 0.455. The van der Waals surface area contributed by atoms with Gasteiger partial charge in [0.2, 0.25) is 0 Å². The second-order valence-electron chi connectivity index (χ2n) is 4.11. The van der Waals surface area contributed by atoms with E-state index in [0.717, 1.165) is 5.69 Å². The number of methoxy groups -OCH3 is 1. The molecule has 1 aromatic heterocycles. The number of hydrogen-bond donors (Lipinski definition) is 2. The zero-order chi connectivity index (χ0) is 12.2. The van der Waals surface area contributed by atoms with Crippen molar-refractivity contribution in [3.05, 3.63) is 24.0 Å². The van der Waals surface area contributed by atoms with Crippen molar-refractivity contribution in [2.75, 3.05) is 19.0 Å². The summed E-state index contributed by atoms with van der Waals surface area (Å²) >= 11 is 4.82. The summed E-state index contributed by atoms with van der Waals surface area (Å²) < 4.78 is 5.30. The van der Waals surface area contributed by atoms with Gasteiger partial charge in [-0.05, 0) is 26.0 Å². The van der Waals surface area contributed by atoms with Gasteiger partial charge in [-0.1, -0.05) is 12.2 Å². The van der Waals surface area contributed by atoms with Crippen molar-refractivity contribution >= 4 is 22.9 Å². The number of nitrogens with zero attached hydrogens (tertiary/aromatic N) is 1. The number of ether oxygens (including phenoxy) is 1. The predicted octanol–water partition coefficient (Wildman–Crippen LogP) is 1.55. The van der Waals surface area contributed by atoms with Crippen LogP contribution in [0.3, 0.4) is 0 Å². The molecule has 0 radical (unpaired) electrons. The minimum absolute atomic E-state index is 0.207. The summed E-state index contributed by atoms with van der Waals surface area (Å²) in [5.74, 6) is 0. The van der Waals surface area contributed by atoms with Gasteiger partial charge in [0, 0.05) is 13.7 Å². The summed E-state index contributed by atoms with van der Waals surface area (Å²) in [6.07, 6.45) is 1.71.